The van der Waals surface area contributed by atoms with Crippen LogP contribution in [0.25, 0.3) is 0 Å². The summed E-state index contributed by atoms with van der Waals surface area (Å²) in [4.78, 5) is -0.0571. The molecule has 0 heterocycles. The smallest absolute Gasteiger partial charge is 0.261 e. The zero-order chi connectivity index (χ0) is 15.6. The number of halogens is 2. The van der Waals surface area contributed by atoms with Crippen molar-refractivity contribution in [3.63, 3.8) is 0 Å². The van der Waals surface area contributed by atoms with Gasteiger partial charge in [0.2, 0.25) is 0 Å². The SMILES string of the molecule is Cc1cc(S(=O)(=O)Nc2cccc(Cl)c2F)ccc1C#N. The van der Waals surface area contributed by atoms with Crippen LogP contribution in [0.15, 0.2) is 41.3 Å². The predicted molar refractivity (Wildman–Crippen MR) is 78.1 cm³/mol. The molecule has 0 aliphatic carbocycles. The molecule has 2 aromatic rings. The van der Waals surface area contributed by atoms with E-state index in [9.17, 15) is 12.8 Å². The van der Waals surface area contributed by atoms with Crippen LogP contribution in [0, 0.1) is 24.1 Å². The minimum atomic E-state index is -3.96. The van der Waals surface area contributed by atoms with Crippen LogP contribution >= 0.6 is 11.6 Å². The molecule has 108 valence electrons. The molecule has 0 aliphatic heterocycles. The van der Waals surface area contributed by atoms with E-state index in [1.165, 1.54) is 36.4 Å². The standard InChI is InChI=1S/C14H10ClFN2O2S/c1-9-7-11(6-5-10(9)8-17)21(19,20)18-13-4-2-3-12(15)14(13)16/h2-7,18H,1H3. The third kappa shape index (κ3) is 3.15. The first-order valence-corrected chi connectivity index (χ1v) is 7.69. The molecular weight excluding hydrogens is 315 g/mol. The lowest BCUT2D eigenvalue weighted by atomic mass is 10.1. The molecule has 7 heteroatoms. The highest BCUT2D eigenvalue weighted by Crippen LogP contribution is 2.25. The number of nitrogens with one attached hydrogen (secondary N) is 1. The fraction of sp³-hybridized carbons (Fsp3) is 0.0714. The van der Waals surface area contributed by atoms with E-state index in [1.54, 1.807) is 6.92 Å². The number of sulfonamides is 1. The van der Waals surface area contributed by atoms with Crippen molar-refractivity contribution in [1.29, 1.82) is 5.26 Å². The van der Waals surface area contributed by atoms with Crippen LogP contribution in [0.4, 0.5) is 10.1 Å². The van der Waals surface area contributed by atoms with Gasteiger partial charge in [-0.15, -0.1) is 0 Å². The predicted octanol–water partition coefficient (Wildman–Crippen LogP) is 3.46. The molecule has 0 amide bonds. The van der Waals surface area contributed by atoms with Gasteiger partial charge in [0.15, 0.2) is 5.82 Å². The van der Waals surface area contributed by atoms with Gasteiger partial charge in [0.25, 0.3) is 10.0 Å². The first kappa shape index (κ1) is 15.3. The lowest BCUT2D eigenvalue weighted by molar-refractivity contribution is 0.598. The van der Waals surface area contributed by atoms with E-state index in [-0.39, 0.29) is 15.6 Å². The Labute approximate surface area is 126 Å². The van der Waals surface area contributed by atoms with Crippen molar-refractivity contribution >= 4 is 27.3 Å². The second kappa shape index (κ2) is 5.72. The number of nitrogens with zero attached hydrogens (tertiary/aromatic N) is 1. The van der Waals surface area contributed by atoms with Crippen molar-refractivity contribution < 1.29 is 12.8 Å². The zero-order valence-corrected chi connectivity index (χ0v) is 12.5. The highest BCUT2D eigenvalue weighted by molar-refractivity contribution is 7.92. The van der Waals surface area contributed by atoms with Crippen LogP contribution in [0.1, 0.15) is 11.1 Å². The zero-order valence-electron chi connectivity index (χ0n) is 10.9. The first-order chi connectivity index (χ1) is 9.85. The Morgan fingerprint density at radius 3 is 2.62 bits per heavy atom. The van der Waals surface area contributed by atoms with Gasteiger partial charge in [0.05, 0.1) is 27.2 Å². The molecule has 0 spiro atoms. The molecule has 0 radical (unpaired) electrons. The Balaban J connectivity index is 2.41. The molecule has 2 rings (SSSR count). The number of benzene rings is 2. The van der Waals surface area contributed by atoms with Gasteiger partial charge in [0, 0.05) is 0 Å². The maximum Gasteiger partial charge on any atom is 0.261 e. The van der Waals surface area contributed by atoms with Crippen LogP contribution in [0.5, 0.6) is 0 Å². The molecule has 0 saturated carbocycles. The van der Waals surface area contributed by atoms with Crippen molar-refractivity contribution in [2.24, 2.45) is 0 Å². The van der Waals surface area contributed by atoms with Gasteiger partial charge in [-0.25, -0.2) is 12.8 Å². The summed E-state index contributed by atoms with van der Waals surface area (Å²) in [5.41, 5.74) is 0.666. The number of nitriles is 1. The van der Waals surface area contributed by atoms with Crippen molar-refractivity contribution in [3.8, 4) is 6.07 Å². The number of hydrogen-bond acceptors (Lipinski definition) is 3. The third-order valence-electron chi connectivity index (χ3n) is 2.82. The quantitative estimate of drug-likeness (QED) is 0.940. The Morgan fingerprint density at radius 2 is 2.00 bits per heavy atom. The summed E-state index contributed by atoms with van der Waals surface area (Å²) in [6, 6.07) is 10.0. The molecular formula is C14H10ClFN2O2S. The maximum absolute atomic E-state index is 13.7. The molecule has 4 nitrogen and oxygen atoms in total. The second-order valence-corrected chi connectivity index (χ2v) is 6.39. The molecule has 0 aromatic heterocycles. The van der Waals surface area contributed by atoms with Crippen molar-refractivity contribution in [2.75, 3.05) is 4.72 Å². The van der Waals surface area contributed by atoms with Crippen LogP contribution in [-0.4, -0.2) is 8.42 Å². The Bertz CT molecular complexity index is 845. The second-order valence-electron chi connectivity index (χ2n) is 4.30. The Hall–Kier alpha value is -2.10. The average molecular weight is 325 g/mol. The first-order valence-electron chi connectivity index (χ1n) is 5.83. The van der Waals surface area contributed by atoms with Gasteiger partial charge in [-0.1, -0.05) is 17.7 Å². The summed E-state index contributed by atoms with van der Waals surface area (Å²) < 4.78 is 40.3. The maximum atomic E-state index is 13.7. The van der Waals surface area contributed by atoms with Crippen molar-refractivity contribution in [3.05, 3.63) is 58.4 Å². The highest BCUT2D eigenvalue weighted by Gasteiger charge is 2.18. The van der Waals surface area contributed by atoms with Gasteiger partial charge in [-0.3, -0.25) is 4.72 Å². The van der Waals surface area contributed by atoms with E-state index in [0.717, 1.165) is 0 Å². The van der Waals surface area contributed by atoms with Gasteiger partial charge in [-0.2, -0.15) is 5.26 Å². The normalized spacial score (nSPS) is 11.0. The fourth-order valence-electron chi connectivity index (χ4n) is 1.72. The molecule has 0 fully saturated rings. The van der Waals surface area contributed by atoms with Crippen LogP contribution < -0.4 is 4.72 Å². The molecule has 0 aliphatic rings. The lowest BCUT2D eigenvalue weighted by Gasteiger charge is -2.10. The van der Waals surface area contributed by atoms with Gasteiger partial charge in [0.1, 0.15) is 0 Å². The molecule has 0 saturated heterocycles. The van der Waals surface area contributed by atoms with Crippen LogP contribution in [0.3, 0.4) is 0 Å². The minimum Gasteiger partial charge on any atom is -0.277 e. The van der Waals surface area contributed by atoms with E-state index in [2.05, 4.69) is 4.72 Å². The fourth-order valence-corrected chi connectivity index (χ4v) is 3.03. The molecule has 21 heavy (non-hydrogen) atoms. The van der Waals surface area contributed by atoms with Crippen molar-refractivity contribution in [2.45, 2.75) is 11.8 Å². The van der Waals surface area contributed by atoms with E-state index < -0.39 is 15.8 Å². The highest BCUT2D eigenvalue weighted by atomic mass is 35.5. The van der Waals surface area contributed by atoms with Crippen LogP contribution in [-0.2, 0) is 10.0 Å². The monoisotopic (exact) mass is 324 g/mol. The Kier molecular flexibility index (Phi) is 4.16. The lowest BCUT2D eigenvalue weighted by Crippen LogP contribution is -2.14. The summed E-state index contributed by atoms with van der Waals surface area (Å²) in [5, 5.41) is 8.66. The number of hydrogen-bond donors (Lipinski definition) is 1. The van der Waals surface area contributed by atoms with E-state index in [1.807, 2.05) is 6.07 Å². The number of rotatable bonds is 3. The summed E-state index contributed by atoms with van der Waals surface area (Å²) >= 11 is 5.61. The Morgan fingerprint density at radius 1 is 1.29 bits per heavy atom. The van der Waals surface area contributed by atoms with Gasteiger partial charge >= 0.3 is 0 Å². The van der Waals surface area contributed by atoms with Gasteiger partial charge in [-0.05, 0) is 42.8 Å². The summed E-state index contributed by atoms with van der Waals surface area (Å²) in [6.07, 6.45) is 0. The molecule has 0 bridgehead atoms. The molecule has 0 unspecified atom stereocenters. The van der Waals surface area contributed by atoms with Crippen molar-refractivity contribution in [1.82, 2.24) is 0 Å². The molecule has 1 N–H and O–H groups in total. The molecule has 2 aromatic carbocycles. The average Bonchev–Trinajstić information content (AvgIpc) is 2.43. The molecule has 0 atom stereocenters. The van der Waals surface area contributed by atoms with E-state index in [4.69, 9.17) is 16.9 Å². The van der Waals surface area contributed by atoms with Crippen LogP contribution in [0.2, 0.25) is 5.02 Å². The van der Waals surface area contributed by atoms with Gasteiger partial charge < -0.3 is 0 Å². The van der Waals surface area contributed by atoms with E-state index >= 15 is 0 Å². The summed E-state index contributed by atoms with van der Waals surface area (Å²) in [6.45, 7) is 1.62. The minimum absolute atomic E-state index is 0.0571. The topological polar surface area (TPSA) is 70.0 Å². The largest absolute Gasteiger partial charge is 0.277 e. The summed E-state index contributed by atoms with van der Waals surface area (Å²) in [7, 11) is -3.96. The number of aryl methyl sites for hydroxylation is 1. The third-order valence-corrected chi connectivity index (χ3v) is 4.48. The number of anilines is 1. The summed E-state index contributed by atoms with van der Waals surface area (Å²) in [5.74, 6) is -0.840. The van der Waals surface area contributed by atoms with E-state index in [0.29, 0.717) is 11.1 Å².